The average Bonchev–Trinajstić information content (AvgIpc) is 2.35. The Balaban J connectivity index is 2.75. The van der Waals surface area contributed by atoms with Crippen molar-refractivity contribution in [3.05, 3.63) is 29.3 Å². The van der Waals surface area contributed by atoms with Gasteiger partial charge in [0.2, 0.25) is 0 Å². The van der Waals surface area contributed by atoms with Crippen LogP contribution in [0.15, 0.2) is 28.3 Å². The molecule has 0 saturated heterocycles. The molecule has 0 amide bonds. The molecule has 94 valence electrons. The maximum absolute atomic E-state index is 8.65. The van der Waals surface area contributed by atoms with Crippen molar-refractivity contribution in [2.45, 2.75) is 32.1 Å². The van der Waals surface area contributed by atoms with Gasteiger partial charge in [-0.2, -0.15) is 0 Å². The van der Waals surface area contributed by atoms with E-state index in [0.29, 0.717) is 0 Å². The third-order valence-corrected chi connectivity index (χ3v) is 4.14. The first-order valence-corrected chi connectivity index (χ1v) is 6.78. The van der Waals surface area contributed by atoms with Gasteiger partial charge in [0.15, 0.2) is 5.84 Å². The fourth-order valence-corrected chi connectivity index (χ4v) is 2.56. The molecule has 1 aromatic rings. The molecule has 0 heterocycles. The zero-order valence-corrected chi connectivity index (χ0v) is 11.4. The highest BCUT2D eigenvalue weighted by Gasteiger charge is 2.06. The lowest BCUT2D eigenvalue weighted by molar-refractivity contribution is 0.318. The molecule has 3 nitrogen and oxygen atoms in total. The molecule has 0 aromatic heterocycles. The van der Waals surface area contributed by atoms with E-state index in [-0.39, 0.29) is 5.84 Å². The Morgan fingerprint density at radius 1 is 1.53 bits per heavy atom. The minimum Gasteiger partial charge on any atom is -0.409 e. The molecule has 1 rings (SSSR count). The van der Waals surface area contributed by atoms with Crippen molar-refractivity contribution in [1.82, 2.24) is 0 Å². The SMILES string of the molecule is CCC(C)CSc1ccc(/C(N)=N/O)c(C)c1. The standard InChI is InChI=1S/C13H20N2OS/c1-4-9(2)8-17-11-5-6-12(10(3)7-11)13(14)15-16/h5-7,9,16H,4,8H2,1-3H3,(H2,14,15). The van der Waals surface area contributed by atoms with E-state index < -0.39 is 0 Å². The number of nitrogens with two attached hydrogens (primary N) is 1. The zero-order chi connectivity index (χ0) is 12.8. The van der Waals surface area contributed by atoms with E-state index in [1.807, 2.05) is 30.8 Å². The molecule has 1 aromatic carbocycles. The zero-order valence-electron chi connectivity index (χ0n) is 10.6. The lowest BCUT2D eigenvalue weighted by Crippen LogP contribution is -2.14. The van der Waals surface area contributed by atoms with Crippen LogP contribution in [-0.4, -0.2) is 16.8 Å². The molecular formula is C13H20N2OS. The number of hydrogen-bond donors (Lipinski definition) is 2. The Kier molecular flexibility index (Phi) is 5.35. The topological polar surface area (TPSA) is 58.6 Å². The van der Waals surface area contributed by atoms with Crippen LogP contribution in [0.3, 0.4) is 0 Å². The van der Waals surface area contributed by atoms with E-state index in [1.54, 1.807) is 0 Å². The van der Waals surface area contributed by atoms with Crippen molar-refractivity contribution in [1.29, 1.82) is 0 Å². The Bertz CT molecular complexity index is 404. The first-order chi connectivity index (χ1) is 8.08. The van der Waals surface area contributed by atoms with Crippen molar-refractivity contribution < 1.29 is 5.21 Å². The molecule has 4 heteroatoms. The summed E-state index contributed by atoms with van der Waals surface area (Å²) < 4.78 is 0. The van der Waals surface area contributed by atoms with Crippen LogP contribution in [0.2, 0.25) is 0 Å². The number of aryl methyl sites for hydroxylation is 1. The number of nitrogens with zero attached hydrogens (tertiary/aromatic N) is 1. The van der Waals surface area contributed by atoms with Crippen LogP contribution in [0.4, 0.5) is 0 Å². The van der Waals surface area contributed by atoms with E-state index in [2.05, 4.69) is 25.1 Å². The second kappa shape index (κ2) is 6.55. The predicted octanol–water partition coefficient (Wildman–Crippen LogP) is 3.23. The molecule has 3 N–H and O–H groups in total. The summed E-state index contributed by atoms with van der Waals surface area (Å²) in [6.45, 7) is 6.43. The van der Waals surface area contributed by atoms with Gasteiger partial charge in [-0.25, -0.2) is 0 Å². The molecule has 17 heavy (non-hydrogen) atoms. The molecule has 0 radical (unpaired) electrons. The van der Waals surface area contributed by atoms with Crippen LogP contribution in [0.25, 0.3) is 0 Å². The second-order valence-corrected chi connectivity index (χ2v) is 5.38. The Hall–Kier alpha value is -1.16. The minimum absolute atomic E-state index is 0.168. The van der Waals surface area contributed by atoms with E-state index in [0.717, 1.165) is 22.8 Å². The highest BCUT2D eigenvalue weighted by molar-refractivity contribution is 7.99. The quantitative estimate of drug-likeness (QED) is 0.278. The average molecular weight is 252 g/mol. The van der Waals surface area contributed by atoms with Crippen molar-refractivity contribution in [2.24, 2.45) is 16.8 Å². The maximum atomic E-state index is 8.65. The second-order valence-electron chi connectivity index (χ2n) is 4.29. The summed E-state index contributed by atoms with van der Waals surface area (Å²) in [5.41, 5.74) is 7.41. The molecule has 0 aliphatic carbocycles. The summed E-state index contributed by atoms with van der Waals surface area (Å²) in [6.07, 6.45) is 1.20. The molecule has 0 aliphatic heterocycles. The van der Waals surface area contributed by atoms with Gasteiger partial charge in [0.25, 0.3) is 0 Å². The van der Waals surface area contributed by atoms with Crippen LogP contribution in [-0.2, 0) is 0 Å². The van der Waals surface area contributed by atoms with Crippen molar-refractivity contribution in [3.63, 3.8) is 0 Å². The summed E-state index contributed by atoms with van der Waals surface area (Å²) >= 11 is 1.85. The lowest BCUT2D eigenvalue weighted by Gasteiger charge is -2.10. The third-order valence-electron chi connectivity index (χ3n) is 2.81. The van der Waals surface area contributed by atoms with Crippen molar-refractivity contribution >= 4 is 17.6 Å². The molecule has 1 atom stereocenters. The summed E-state index contributed by atoms with van der Waals surface area (Å²) in [7, 11) is 0. The largest absolute Gasteiger partial charge is 0.409 e. The Morgan fingerprint density at radius 2 is 2.24 bits per heavy atom. The number of thioether (sulfide) groups is 1. The van der Waals surface area contributed by atoms with Gasteiger partial charge >= 0.3 is 0 Å². The maximum Gasteiger partial charge on any atom is 0.170 e. The van der Waals surface area contributed by atoms with Crippen LogP contribution in [0, 0.1) is 12.8 Å². The first-order valence-electron chi connectivity index (χ1n) is 5.79. The molecular weight excluding hydrogens is 232 g/mol. The number of rotatable bonds is 5. The first kappa shape index (κ1) is 13.9. The van der Waals surface area contributed by atoms with E-state index >= 15 is 0 Å². The van der Waals surface area contributed by atoms with E-state index in [1.165, 1.54) is 11.3 Å². The number of amidine groups is 1. The van der Waals surface area contributed by atoms with Crippen molar-refractivity contribution in [2.75, 3.05) is 5.75 Å². The van der Waals surface area contributed by atoms with Gasteiger partial charge in [-0.05, 0) is 36.6 Å². The highest BCUT2D eigenvalue weighted by Crippen LogP contribution is 2.24. The van der Waals surface area contributed by atoms with Gasteiger partial charge < -0.3 is 10.9 Å². The highest BCUT2D eigenvalue weighted by atomic mass is 32.2. The molecule has 0 saturated carbocycles. The normalized spacial score (nSPS) is 13.7. The van der Waals surface area contributed by atoms with Crippen molar-refractivity contribution in [3.8, 4) is 0 Å². The van der Waals surface area contributed by atoms with Crippen LogP contribution < -0.4 is 5.73 Å². The van der Waals surface area contributed by atoms with Gasteiger partial charge in [-0.15, -0.1) is 11.8 Å². The monoisotopic (exact) mass is 252 g/mol. The van der Waals surface area contributed by atoms with E-state index in [9.17, 15) is 0 Å². The Labute approximate surface area is 107 Å². The number of oxime groups is 1. The molecule has 1 unspecified atom stereocenters. The molecule has 0 aliphatic rings. The molecule has 0 bridgehead atoms. The fourth-order valence-electron chi connectivity index (χ4n) is 1.42. The summed E-state index contributed by atoms with van der Waals surface area (Å²) in [5, 5.41) is 11.7. The number of hydrogen-bond acceptors (Lipinski definition) is 3. The van der Waals surface area contributed by atoms with Gasteiger partial charge in [0.05, 0.1) is 0 Å². The van der Waals surface area contributed by atoms with Gasteiger partial charge in [0, 0.05) is 16.2 Å². The summed E-state index contributed by atoms with van der Waals surface area (Å²) in [6, 6.07) is 6.01. The number of benzene rings is 1. The van der Waals surface area contributed by atoms with Crippen LogP contribution >= 0.6 is 11.8 Å². The van der Waals surface area contributed by atoms with E-state index in [4.69, 9.17) is 10.9 Å². The Morgan fingerprint density at radius 3 is 2.76 bits per heavy atom. The van der Waals surface area contributed by atoms with Gasteiger partial charge in [0.1, 0.15) is 0 Å². The summed E-state index contributed by atoms with van der Waals surface area (Å²) in [4.78, 5) is 1.23. The smallest absolute Gasteiger partial charge is 0.170 e. The van der Waals surface area contributed by atoms with Crippen LogP contribution in [0.1, 0.15) is 31.4 Å². The van der Waals surface area contributed by atoms with Gasteiger partial charge in [-0.3, -0.25) is 0 Å². The van der Waals surface area contributed by atoms with Gasteiger partial charge in [-0.1, -0.05) is 25.4 Å². The fraction of sp³-hybridized carbons (Fsp3) is 0.462. The third kappa shape index (κ3) is 3.97. The van der Waals surface area contributed by atoms with Crippen LogP contribution in [0.5, 0.6) is 0 Å². The molecule has 0 spiro atoms. The predicted molar refractivity (Wildman–Crippen MR) is 73.9 cm³/mol. The minimum atomic E-state index is 0.168. The summed E-state index contributed by atoms with van der Waals surface area (Å²) in [5.74, 6) is 2.02. The molecule has 0 fully saturated rings. The lowest BCUT2D eigenvalue weighted by atomic mass is 10.1.